The van der Waals surface area contributed by atoms with Crippen molar-refractivity contribution >= 4 is 40.6 Å². The smallest absolute Gasteiger partial charge is 0.273 e. The number of para-hydroxylation sites is 1. The highest BCUT2D eigenvalue weighted by Crippen LogP contribution is 2.35. The highest BCUT2D eigenvalue weighted by molar-refractivity contribution is 7.09. The fourth-order valence-electron chi connectivity index (χ4n) is 4.02. The number of ether oxygens (including phenoxy) is 1. The quantitative estimate of drug-likeness (QED) is 0.301. The first-order valence-electron chi connectivity index (χ1n) is 11.7. The Bertz CT molecular complexity index is 1450. The molecule has 0 aliphatic rings. The normalized spacial score (nSPS) is 11.4. The Morgan fingerprint density at radius 2 is 1.66 bits per heavy atom. The number of nitrogens with zero attached hydrogens (tertiary/aromatic N) is 2. The maximum atomic E-state index is 14.1. The number of aryl methyl sites for hydroxylation is 1. The van der Waals surface area contributed by atoms with Crippen molar-refractivity contribution in [3.63, 3.8) is 0 Å². The van der Waals surface area contributed by atoms with Crippen molar-refractivity contribution in [2.45, 2.75) is 19.5 Å². The van der Waals surface area contributed by atoms with Gasteiger partial charge in [-0.2, -0.15) is 4.37 Å². The van der Waals surface area contributed by atoms with Crippen LogP contribution in [0.2, 0.25) is 0 Å². The molecule has 3 amide bonds. The third-order valence-corrected chi connectivity index (χ3v) is 6.85. The highest BCUT2D eigenvalue weighted by atomic mass is 32.1. The van der Waals surface area contributed by atoms with Crippen molar-refractivity contribution in [2.24, 2.45) is 5.73 Å². The van der Waals surface area contributed by atoms with Crippen LogP contribution in [-0.4, -0.2) is 29.2 Å². The molecule has 1 unspecified atom stereocenters. The number of benzene rings is 3. The Morgan fingerprint density at radius 3 is 2.26 bits per heavy atom. The van der Waals surface area contributed by atoms with E-state index in [1.807, 2.05) is 49.4 Å². The van der Waals surface area contributed by atoms with Gasteiger partial charge in [-0.05, 0) is 53.3 Å². The number of carbonyl (C=O) groups excluding carboxylic acids is 3. The summed E-state index contributed by atoms with van der Waals surface area (Å²) >= 11 is 0.763. The number of amides is 3. The lowest BCUT2D eigenvalue weighted by atomic mass is 10.0. The van der Waals surface area contributed by atoms with E-state index in [0.29, 0.717) is 17.0 Å². The fraction of sp³-hybridized carbons (Fsp3) is 0.143. The third-order valence-electron chi connectivity index (χ3n) is 6.00. The monoisotopic (exact) mass is 529 g/mol. The molecule has 1 atom stereocenters. The summed E-state index contributed by atoms with van der Waals surface area (Å²) in [5.74, 6) is -1.23. The van der Waals surface area contributed by atoms with Gasteiger partial charge in [-0.25, -0.2) is 0 Å². The van der Waals surface area contributed by atoms with Gasteiger partial charge in [-0.1, -0.05) is 60.7 Å². The van der Waals surface area contributed by atoms with Crippen molar-refractivity contribution in [2.75, 3.05) is 17.7 Å². The zero-order chi connectivity index (χ0) is 27.2. The van der Waals surface area contributed by atoms with E-state index >= 15 is 0 Å². The molecule has 4 rings (SSSR count). The van der Waals surface area contributed by atoms with E-state index in [2.05, 4.69) is 9.69 Å². The first-order valence-corrected chi connectivity index (χ1v) is 12.5. The number of rotatable bonds is 9. The molecular weight excluding hydrogens is 502 g/mol. The predicted molar refractivity (Wildman–Crippen MR) is 147 cm³/mol. The number of primary amides is 1. The van der Waals surface area contributed by atoms with E-state index in [4.69, 9.17) is 16.2 Å². The number of nitrogen functional groups attached to an aromatic ring is 1. The first kappa shape index (κ1) is 26.4. The zero-order valence-electron chi connectivity index (χ0n) is 20.9. The number of nitrogens with one attached hydrogen (secondary N) is 1. The van der Waals surface area contributed by atoms with E-state index in [9.17, 15) is 14.4 Å². The van der Waals surface area contributed by atoms with Crippen LogP contribution < -0.4 is 26.4 Å². The summed E-state index contributed by atoms with van der Waals surface area (Å²) in [6, 6.07) is 22.5. The summed E-state index contributed by atoms with van der Waals surface area (Å²) in [5, 5.41) is 2.96. The molecule has 0 aliphatic carbocycles. The molecular formula is C28H27N5O4S. The molecule has 0 radical (unpaired) electrons. The van der Waals surface area contributed by atoms with Gasteiger partial charge >= 0.3 is 0 Å². The van der Waals surface area contributed by atoms with Crippen LogP contribution in [0.15, 0.2) is 78.9 Å². The largest absolute Gasteiger partial charge is 0.497 e. The second-order valence-electron chi connectivity index (χ2n) is 8.48. The van der Waals surface area contributed by atoms with Crippen molar-refractivity contribution in [1.82, 2.24) is 9.69 Å². The standard InChI is InChI=1S/C28H27N5O4S/c1-17-8-6-7-11-21(17)33(28(36)25-22(29)23(26(30)34)32-38-25)24(19-12-14-20(37-2)15-13-19)27(35)31-16-18-9-4-3-5-10-18/h3-15,24H,16,29H2,1-2H3,(H2,30,34)(H,31,35). The Hall–Kier alpha value is -4.70. The number of nitrogens with two attached hydrogens (primary N) is 2. The summed E-state index contributed by atoms with van der Waals surface area (Å²) in [4.78, 5) is 41.2. The highest BCUT2D eigenvalue weighted by Gasteiger charge is 2.36. The van der Waals surface area contributed by atoms with Gasteiger partial charge in [0.2, 0.25) is 5.91 Å². The minimum Gasteiger partial charge on any atom is -0.497 e. The lowest BCUT2D eigenvalue weighted by molar-refractivity contribution is -0.122. The van der Waals surface area contributed by atoms with E-state index in [-0.39, 0.29) is 22.8 Å². The van der Waals surface area contributed by atoms with Crippen molar-refractivity contribution in [3.05, 3.63) is 106 Å². The lowest BCUT2D eigenvalue weighted by Crippen LogP contribution is -2.44. The molecule has 0 aliphatic heterocycles. The number of methoxy groups -OCH3 is 1. The molecule has 3 aromatic carbocycles. The van der Waals surface area contributed by atoms with Crippen LogP contribution in [0.3, 0.4) is 0 Å². The number of anilines is 2. The van der Waals surface area contributed by atoms with Crippen LogP contribution in [-0.2, 0) is 11.3 Å². The van der Waals surface area contributed by atoms with E-state index in [1.165, 1.54) is 4.90 Å². The Kier molecular flexibility index (Phi) is 8.03. The first-order chi connectivity index (χ1) is 18.3. The average molecular weight is 530 g/mol. The van der Waals surface area contributed by atoms with Crippen LogP contribution in [0, 0.1) is 6.92 Å². The molecule has 0 saturated carbocycles. The van der Waals surface area contributed by atoms with Gasteiger partial charge in [0.05, 0.1) is 12.8 Å². The summed E-state index contributed by atoms with van der Waals surface area (Å²) in [5.41, 5.74) is 13.9. The Labute approximate surface area is 224 Å². The second-order valence-corrected chi connectivity index (χ2v) is 9.25. The number of carbonyl (C=O) groups is 3. The van der Waals surface area contributed by atoms with Crippen molar-refractivity contribution in [3.8, 4) is 5.75 Å². The van der Waals surface area contributed by atoms with Gasteiger partial charge in [-0.3, -0.25) is 19.3 Å². The van der Waals surface area contributed by atoms with Crippen molar-refractivity contribution < 1.29 is 19.1 Å². The van der Waals surface area contributed by atoms with E-state index in [0.717, 1.165) is 22.7 Å². The van der Waals surface area contributed by atoms with Crippen LogP contribution in [0.1, 0.15) is 42.9 Å². The van der Waals surface area contributed by atoms with Gasteiger partial charge < -0.3 is 21.5 Å². The second kappa shape index (κ2) is 11.6. The van der Waals surface area contributed by atoms with Gasteiger partial charge in [-0.15, -0.1) is 0 Å². The molecule has 5 N–H and O–H groups in total. The topological polar surface area (TPSA) is 141 Å². The average Bonchev–Trinajstić information content (AvgIpc) is 3.33. The number of hydrogen-bond acceptors (Lipinski definition) is 7. The molecule has 194 valence electrons. The fourth-order valence-corrected chi connectivity index (χ4v) is 4.77. The molecule has 0 saturated heterocycles. The Morgan fingerprint density at radius 1 is 1.00 bits per heavy atom. The molecule has 0 spiro atoms. The van der Waals surface area contributed by atoms with Crippen LogP contribution >= 0.6 is 11.5 Å². The van der Waals surface area contributed by atoms with Crippen LogP contribution in [0.5, 0.6) is 5.75 Å². The molecule has 1 aromatic heterocycles. The summed E-state index contributed by atoms with van der Waals surface area (Å²) in [6.45, 7) is 2.10. The molecule has 9 nitrogen and oxygen atoms in total. The van der Waals surface area contributed by atoms with Gasteiger partial charge in [0.25, 0.3) is 11.8 Å². The maximum absolute atomic E-state index is 14.1. The lowest BCUT2D eigenvalue weighted by Gasteiger charge is -2.32. The van der Waals surface area contributed by atoms with Crippen LogP contribution in [0.4, 0.5) is 11.4 Å². The molecule has 0 bridgehead atoms. The minimum atomic E-state index is -1.09. The molecule has 1 heterocycles. The van der Waals surface area contributed by atoms with Crippen LogP contribution in [0.25, 0.3) is 0 Å². The van der Waals surface area contributed by atoms with E-state index in [1.54, 1.807) is 43.5 Å². The summed E-state index contributed by atoms with van der Waals surface area (Å²) in [6.07, 6.45) is 0. The minimum absolute atomic E-state index is 0.0106. The summed E-state index contributed by atoms with van der Waals surface area (Å²) in [7, 11) is 1.55. The van der Waals surface area contributed by atoms with Gasteiger partial charge in [0.1, 0.15) is 16.7 Å². The van der Waals surface area contributed by atoms with Gasteiger partial charge in [0, 0.05) is 12.2 Å². The van der Waals surface area contributed by atoms with E-state index < -0.39 is 23.8 Å². The predicted octanol–water partition coefficient (Wildman–Crippen LogP) is 3.85. The Balaban J connectivity index is 1.84. The zero-order valence-corrected chi connectivity index (χ0v) is 21.7. The molecule has 10 heteroatoms. The summed E-state index contributed by atoms with van der Waals surface area (Å²) < 4.78 is 9.28. The molecule has 0 fully saturated rings. The van der Waals surface area contributed by atoms with Gasteiger partial charge in [0.15, 0.2) is 5.69 Å². The maximum Gasteiger partial charge on any atom is 0.273 e. The number of aromatic nitrogens is 1. The van der Waals surface area contributed by atoms with Crippen molar-refractivity contribution in [1.29, 1.82) is 0 Å². The SMILES string of the molecule is COc1ccc(C(C(=O)NCc2ccccc2)N(C(=O)c2snc(C(N)=O)c2N)c2ccccc2C)cc1. The third kappa shape index (κ3) is 5.50. The number of hydrogen-bond donors (Lipinski definition) is 3. The molecule has 38 heavy (non-hydrogen) atoms. The molecule has 4 aromatic rings.